The van der Waals surface area contributed by atoms with E-state index in [1.54, 1.807) is 12.1 Å². The first kappa shape index (κ1) is 17.4. The minimum Gasteiger partial charge on any atom is -0.367 e. The standard InChI is InChI=1S/C19H23N3O3/c1-18(2)12-15(19(3,4)25-18)20-17(24)14-10-11-16(23)22(21-14)13-8-6-5-7-9-13/h5-11,15H,12H2,1-4H3,(H,20,24). The molecule has 6 heteroatoms. The van der Waals surface area contributed by atoms with E-state index in [1.165, 1.54) is 16.8 Å². The van der Waals surface area contributed by atoms with Gasteiger partial charge in [-0.15, -0.1) is 0 Å². The molecule has 1 atom stereocenters. The number of benzene rings is 1. The Kier molecular flexibility index (Phi) is 4.24. The van der Waals surface area contributed by atoms with Gasteiger partial charge in [0.05, 0.1) is 22.9 Å². The van der Waals surface area contributed by atoms with Crippen molar-refractivity contribution in [3.63, 3.8) is 0 Å². The number of nitrogens with one attached hydrogen (secondary N) is 1. The summed E-state index contributed by atoms with van der Waals surface area (Å²) in [6, 6.07) is 11.7. The fourth-order valence-electron chi connectivity index (χ4n) is 3.31. The smallest absolute Gasteiger partial charge is 0.272 e. The molecule has 6 nitrogen and oxygen atoms in total. The third-order valence-corrected chi connectivity index (χ3v) is 4.41. The van der Waals surface area contributed by atoms with Crippen molar-refractivity contribution in [1.29, 1.82) is 0 Å². The lowest BCUT2D eigenvalue weighted by Crippen LogP contribution is -2.46. The van der Waals surface area contributed by atoms with E-state index in [4.69, 9.17) is 4.74 Å². The fourth-order valence-corrected chi connectivity index (χ4v) is 3.31. The van der Waals surface area contributed by atoms with Crippen LogP contribution in [0.2, 0.25) is 0 Å². The molecule has 1 saturated heterocycles. The highest BCUT2D eigenvalue weighted by Gasteiger charge is 2.46. The van der Waals surface area contributed by atoms with Crippen molar-refractivity contribution < 1.29 is 9.53 Å². The van der Waals surface area contributed by atoms with Gasteiger partial charge in [-0.25, -0.2) is 0 Å². The molecule has 0 saturated carbocycles. The number of aromatic nitrogens is 2. The van der Waals surface area contributed by atoms with E-state index in [-0.39, 0.29) is 28.8 Å². The van der Waals surface area contributed by atoms with Gasteiger partial charge in [0.2, 0.25) is 0 Å². The average Bonchev–Trinajstić information content (AvgIpc) is 2.75. The molecular formula is C19H23N3O3. The van der Waals surface area contributed by atoms with E-state index in [1.807, 2.05) is 45.9 Å². The Bertz CT molecular complexity index is 840. The van der Waals surface area contributed by atoms with Crippen LogP contribution in [-0.2, 0) is 4.74 Å². The van der Waals surface area contributed by atoms with Crippen LogP contribution < -0.4 is 10.9 Å². The van der Waals surface area contributed by atoms with Crippen LogP contribution in [0.4, 0.5) is 0 Å². The summed E-state index contributed by atoms with van der Waals surface area (Å²) in [4.78, 5) is 24.7. The minimum atomic E-state index is -0.465. The third-order valence-electron chi connectivity index (χ3n) is 4.41. The summed E-state index contributed by atoms with van der Waals surface area (Å²) < 4.78 is 7.24. The van der Waals surface area contributed by atoms with Crippen LogP contribution in [-0.4, -0.2) is 32.9 Å². The van der Waals surface area contributed by atoms with Crippen molar-refractivity contribution in [2.24, 2.45) is 0 Å². The largest absolute Gasteiger partial charge is 0.367 e. The van der Waals surface area contributed by atoms with Gasteiger partial charge in [-0.2, -0.15) is 9.78 Å². The number of carbonyl (C=O) groups is 1. The second kappa shape index (κ2) is 6.11. The topological polar surface area (TPSA) is 73.2 Å². The zero-order valence-electron chi connectivity index (χ0n) is 14.9. The first-order valence-corrected chi connectivity index (χ1v) is 8.35. The molecule has 0 spiro atoms. The summed E-state index contributed by atoms with van der Waals surface area (Å²) in [5.74, 6) is -0.316. The van der Waals surface area contributed by atoms with Crippen LogP contribution in [0.5, 0.6) is 0 Å². The molecule has 2 aromatic rings. The molecule has 2 heterocycles. The Morgan fingerprint density at radius 1 is 1.16 bits per heavy atom. The van der Waals surface area contributed by atoms with Gasteiger partial charge >= 0.3 is 0 Å². The van der Waals surface area contributed by atoms with Crippen molar-refractivity contribution in [3.8, 4) is 5.69 Å². The Labute approximate surface area is 146 Å². The van der Waals surface area contributed by atoms with Gasteiger partial charge in [-0.1, -0.05) is 18.2 Å². The minimum absolute atomic E-state index is 0.131. The molecule has 1 aliphatic rings. The molecule has 1 fully saturated rings. The second-order valence-electron chi connectivity index (χ2n) is 7.50. The SMILES string of the molecule is CC1(C)CC(NC(=O)c2ccc(=O)n(-c3ccccc3)n2)C(C)(C)O1. The maximum absolute atomic E-state index is 12.6. The predicted octanol–water partition coefficient (Wildman–Crippen LogP) is 2.31. The highest BCUT2D eigenvalue weighted by atomic mass is 16.5. The first-order chi connectivity index (χ1) is 11.7. The Hall–Kier alpha value is -2.47. The molecule has 0 bridgehead atoms. The molecule has 1 aromatic carbocycles. The maximum Gasteiger partial charge on any atom is 0.272 e. The number of amides is 1. The molecular weight excluding hydrogens is 318 g/mol. The summed E-state index contributed by atoms with van der Waals surface area (Å²) in [6.07, 6.45) is 0.712. The van der Waals surface area contributed by atoms with Crippen LogP contribution in [0.25, 0.3) is 5.69 Å². The van der Waals surface area contributed by atoms with E-state index in [0.29, 0.717) is 12.1 Å². The number of hydrogen-bond donors (Lipinski definition) is 1. The quantitative estimate of drug-likeness (QED) is 0.930. The lowest BCUT2D eigenvalue weighted by atomic mass is 9.94. The van der Waals surface area contributed by atoms with Crippen molar-refractivity contribution in [2.45, 2.75) is 51.4 Å². The molecule has 3 rings (SSSR count). The van der Waals surface area contributed by atoms with E-state index < -0.39 is 5.60 Å². The van der Waals surface area contributed by atoms with Gasteiger partial charge in [-0.05, 0) is 52.3 Å². The van der Waals surface area contributed by atoms with Crippen molar-refractivity contribution >= 4 is 5.91 Å². The Balaban J connectivity index is 1.85. The molecule has 0 aliphatic carbocycles. The number of ether oxygens (including phenoxy) is 1. The molecule has 1 N–H and O–H groups in total. The summed E-state index contributed by atoms with van der Waals surface area (Å²) >= 11 is 0. The molecule has 0 radical (unpaired) electrons. The number of rotatable bonds is 3. The zero-order chi connectivity index (χ0) is 18.2. The predicted molar refractivity (Wildman–Crippen MR) is 94.9 cm³/mol. The summed E-state index contributed by atoms with van der Waals surface area (Å²) in [7, 11) is 0. The molecule has 25 heavy (non-hydrogen) atoms. The second-order valence-corrected chi connectivity index (χ2v) is 7.50. The van der Waals surface area contributed by atoms with Crippen LogP contribution in [0.1, 0.15) is 44.6 Å². The summed E-state index contributed by atoms with van der Waals surface area (Å²) in [5.41, 5.74) is -0.227. The van der Waals surface area contributed by atoms with Gasteiger partial charge in [0.15, 0.2) is 0 Å². The van der Waals surface area contributed by atoms with E-state index in [2.05, 4.69) is 10.4 Å². The highest BCUT2D eigenvalue weighted by molar-refractivity contribution is 5.92. The lowest BCUT2D eigenvalue weighted by Gasteiger charge is -2.27. The fraction of sp³-hybridized carbons (Fsp3) is 0.421. The maximum atomic E-state index is 12.6. The molecule has 1 aromatic heterocycles. The summed E-state index contributed by atoms with van der Waals surface area (Å²) in [5, 5.41) is 7.22. The molecule has 132 valence electrons. The third kappa shape index (κ3) is 3.64. The van der Waals surface area contributed by atoms with Crippen molar-refractivity contribution in [2.75, 3.05) is 0 Å². The molecule has 1 aliphatic heterocycles. The Morgan fingerprint density at radius 3 is 2.44 bits per heavy atom. The first-order valence-electron chi connectivity index (χ1n) is 8.35. The van der Waals surface area contributed by atoms with Crippen LogP contribution in [0.3, 0.4) is 0 Å². The highest BCUT2D eigenvalue weighted by Crippen LogP contribution is 2.37. The molecule has 1 unspecified atom stereocenters. The monoisotopic (exact) mass is 341 g/mol. The lowest BCUT2D eigenvalue weighted by molar-refractivity contribution is -0.0693. The number of para-hydroxylation sites is 1. The average molecular weight is 341 g/mol. The number of hydrogen-bond acceptors (Lipinski definition) is 4. The van der Waals surface area contributed by atoms with Crippen LogP contribution in [0.15, 0.2) is 47.3 Å². The van der Waals surface area contributed by atoms with Gasteiger partial charge < -0.3 is 10.1 Å². The number of nitrogens with zero attached hydrogens (tertiary/aromatic N) is 2. The van der Waals surface area contributed by atoms with Crippen molar-refractivity contribution in [1.82, 2.24) is 15.1 Å². The van der Waals surface area contributed by atoms with E-state index >= 15 is 0 Å². The summed E-state index contributed by atoms with van der Waals surface area (Å²) in [6.45, 7) is 7.94. The van der Waals surface area contributed by atoms with Gasteiger partial charge in [-0.3, -0.25) is 9.59 Å². The van der Waals surface area contributed by atoms with Gasteiger partial charge in [0.1, 0.15) is 5.69 Å². The zero-order valence-corrected chi connectivity index (χ0v) is 14.9. The number of carbonyl (C=O) groups excluding carboxylic acids is 1. The van der Waals surface area contributed by atoms with Gasteiger partial charge in [0, 0.05) is 6.07 Å². The van der Waals surface area contributed by atoms with Gasteiger partial charge in [0.25, 0.3) is 11.5 Å². The van der Waals surface area contributed by atoms with E-state index in [0.717, 1.165) is 0 Å². The van der Waals surface area contributed by atoms with Crippen LogP contribution >= 0.6 is 0 Å². The van der Waals surface area contributed by atoms with Crippen LogP contribution in [0, 0.1) is 0 Å². The van der Waals surface area contributed by atoms with Crippen molar-refractivity contribution in [3.05, 3.63) is 58.5 Å². The van der Waals surface area contributed by atoms with E-state index in [9.17, 15) is 9.59 Å². The normalized spacial score (nSPS) is 21.0. The Morgan fingerprint density at radius 2 is 1.84 bits per heavy atom. The molecule has 1 amide bonds.